The third-order valence-electron chi connectivity index (χ3n) is 2.93. The number of nitrogens with one attached hydrogen (secondary N) is 1. The molecule has 1 aromatic rings. The number of aryl methyl sites for hydroxylation is 1. The number of unbranched alkanes of at least 4 members (excludes halogenated alkanes) is 1. The van der Waals surface area contributed by atoms with Gasteiger partial charge in [-0.15, -0.1) is 12.3 Å². The summed E-state index contributed by atoms with van der Waals surface area (Å²) in [7, 11) is 3.69. The summed E-state index contributed by atoms with van der Waals surface area (Å²) in [5, 5.41) is 3.32. The summed E-state index contributed by atoms with van der Waals surface area (Å²) in [6.07, 6.45) is 8.16. The van der Waals surface area contributed by atoms with Crippen LogP contribution in [0.3, 0.4) is 0 Å². The molecular formula is C15H21NO. The van der Waals surface area contributed by atoms with Crippen LogP contribution in [0.2, 0.25) is 0 Å². The minimum Gasteiger partial charge on any atom is -0.496 e. The standard InChI is InChI=1S/C15H21NO/c1-5-6-7-8-14(16-3)13-10-9-12(2)11-15(13)17-4/h1,9-11,14,16H,6-8H2,2-4H3. The van der Waals surface area contributed by atoms with Crippen LogP contribution < -0.4 is 10.1 Å². The minimum absolute atomic E-state index is 0.305. The maximum Gasteiger partial charge on any atom is 0.123 e. The van der Waals surface area contributed by atoms with Crippen LogP contribution in [0, 0.1) is 19.3 Å². The SMILES string of the molecule is C#CCCCC(NC)c1ccc(C)cc1OC. The van der Waals surface area contributed by atoms with Crippen molar-refractivity contribution in [2.75, 3.05) is 14.2 Å². The Morgan fingerprint density at radius 2 is 2.24 bits per heavy atom. The molecule has 2 nitrogen and oxygen atoms in total. The Morgan fingerprint density at radius 1 is 1.47 bits per heavy atom. The predicted molar refractivity (Wildman–Crippen MR) is 72.2 cm³/mol. The second-order valence-electron chi connectivity index (χ2n) is 4.18. The topological polar surface area (TPSA) is 21.3 Å². The maximum absolute atomic E-state index is 5.43. The summed E-state index contributed by atoms with van der Waals surface area (Å²) in [5.74, 6) is 3.63. The van der Waals surface area contributed by atoms with Gasteiger partial charge < -0.3 is 10.1 Å². The lowest BCUT2D eigenvalue weighted by molar-refractivity contribution is 0.397. The molecular weight excluding hydrogens is 210 g/mol. The van der Waals surface area contributed by atoms with Crippen molar-refractivity contribution in [2.24, 2.45) is 0 Å². The molecule has 0 bridgehead atoms. The van der Waals surface area contributed by atoms with Crippen LogP contribution in [0.4, 0.5) is 0 Å². The van der Waals surface area contributed by atoms with E-state index in [0.717, 1.165) is 25.0 Å². The van der Waals surface area contributed by atoms with Gasteiger partial charge in [-0.25, -0.2) is 0 Å². The second-order valence-corrected chi connectivity index (χ2v) is 4.18. The minimum atomic E-state index is 0.305. The Labute approximate surface area is 104 Å². The Bertz CT molecular complexity index is 392. The zero-order valence-corrected chi connectivity index (χ0v) is 10.9. The van der Waals surface area contributed by atoms with E-state index in [-0.39, 0.29) is 0 Å². The molecule has 0 fully saturated rings. The number of terminal acetylenes is 1. The zero-order chi connectivity index (χ0) is 12.7. The number of hydrogen-bond donors (Lipinski definition) is 1. The summed E-state index contributed by atoms with van der Waals surface area (Å²) >= 11 is 0. The number of rotatable bonds is 6. The highest BCUT2D eigenvalue weighted by atomic mass is 16.5. The Balaban J connectivity index is 2.84. The molecule has 1 aromatic carbocycles. The van der Waals surface area contributed by atoms with E-state index in [4.69, 9.17) is 11.2 Å². The first-order valence-corrected chi connectivity index (χ1v) is 5.98. The fraction of sp³-hybridized carbons (Fsp3) is 0.467. The lowest BCUT2D eigenvalue weighted by Gasteiger charge is -2.19. The van der Waals surface area contributed by atoms with E-state index in [1.165, 1.54) is 11.1 Å². The van der Waals surface area contributed by atoms with Gasteiger partial charge in [-0.1, -0.05) is 12.1 Å². The van der Waals surface area contributed by atoms with Gasteiger partial charge in [0.1, 0.15) is 5.75 Å². The Kier molecular flexibility index (Phi) is 5.59. The van der Waals surface area contributed by atoms with E-state index in [1.807, 2.05) is 7.05 Å². The third-order valence-corrected chi connectivity index (χ3v) is 2.93. The molecule has 17 heavy (non-hydrogen) atoms. The first-order chi connectivity index (χ1) is 8.22. The number of hydrogen-bond acceptors (Lipinski definition) is 2. The molecule has 0 aliphatic rings. The zero-order valence-electron chi connectivity index (χ0n) is 10.9. The smallest absolute Gasteiger partial charge is 0.123 e. The molecule has 0 radical (unpaired) electrons. The van der Waals surface area contributed by atoms with Crippen LogP contribution >= 0.6 is 0 Å². The largest absolute Gasteiger partial charge is 0.496 e. The molecule has 0 saturated heterocycles. The van der Waals surface area contributed by atoms with Gasteiger partial charge in [0.15, 0.2) is 0 Å². The highest BCUT2D eigenvalue weighted by molar-refractivity contribution is 5.39. The van der Waals surface area contributed by atoms with Crippen molar-refractivity contribution in [3.63, 3.8) is 0 Å². The Hall–Kier alpha value is -1.46. The van der Waals surface area contributed by atoms with E-state index >= 15 is 0 Å². The highest BCUT2D eigenvalue weighted by Gasteiger charge is 2.13. The molecule has 1 N–H and O–H groups in total. The second kappa shape index (κ2) is 6.98. The molecule has 0 aromatic heterocycles. The maximum atomic E-state index is 5.43. The summed E-state index contributed by atoms with van der Waals surface area (Å²) in [6, 6.07) is 6.62. The quantitative estimate of drug-likeness (QED) is 0.600. The van der Waals surface area contributed by atoms with Crippen LogP contribution in [0.15, 0.2) is 18.2 Å². The molecule has 1 atom stereocenters. The van der Waals surface area contributed by atoms with Crippen molar-refractivity contribution >= 4 is 0 Å². The van der Waals surface area contributed by atoms with E-state index in [9.17, 15) is 0 Å². The average molecular weight is 231 g/mol. The fourth-order valence-corrected chi connectivity index (χ4v) is 1.97. The predicted octanol–water partition coefficient (Wildman–Crippen LogP) is 3.07. The van der Waals surface area contributed by atoms with Gasteiger partial charge in [0, 0.05) is 18.0 Å². The monoisotopic (exact) mass is 231 g/mol. The van der Waals surface area contributed by atoms with Crippen molar-refractivity contribution in [1.82, 2.24) is 5.32 Å². The highest BCUT2D eigenvalue weighted by Crippen LogP contribution is 2.29. The number of benzene rings is 1. The molecule has 1 unspecified atom stereocenters. The van der Waals surface area contributed by atoms with Gasteiger partial charge in [0.05, 0.1) is 7.11 Å². The summed E-state index contributed by atoms with van der Waals surface area (Å²) in [4.78, 5) is 0. The van der Waals surface area contributed by atoms with Gasteiger partial charge in [0.25, 0.3) is 0 Å². The molecule has 1 rings (SSSR count). The lowest BCUT2D eigenvalue weighted by Crippen LogP contribution is -2.17. The van der Waals surface area contributed by atoms with Crippen LogP contribution in [-0.4, -0.2) is 14.2 Å². The van der Waals surface area contributed by atoms with Crippen molar-refractivity contribution in [3.8, 4) is 18.1 Å². The van der Waals surface area contributed by atoms with Gasteiger partial charge in [-0.05, 0) is 38.4 Å². The van der Waals surface area contributed by atoms with E-state index in [0.29, 0.717) is 6.04 Å². The van der Waals surface area contributed by atoms with Crippen molar-refractivity contribution in [2.45, 2.75) is 32.2 Å². The number of ether oxygens (including phenoxy) is 1. The van der Waals surface area contributed by atoms with Crippen molar-refractivity contribution in [3.05, 3.63) is 29.3 Å². The number of methoxy groups -OCH3 is 1. The van der Waals surface area contributed by atoms with Gasteiger partial charge in [-0.3, -0.25) is 0 Å². The van der Waals surface area contributed by atoms with Gasteiger partial charge in [0.2, 0.25) is 0 Å². The molecule has 0 amide bonds. The molecule has 92 valence electrons. The molecule has 0 aliphatic heterocycles. The van der Waals surface area contributed by atoms with Crippen LogP contribution in [-0.2, 0) is 0 Å². The van der Waals surface area contributed by atoms with Crippen LogP contribution in [0.5, 0.6) is 5.75 Å². The summed E-state index contributed by atoms with van der Waals surface area (Å²) in [6.45, 7) is 2.07. The lowest BCUT2D eigenvalue weighted by atomic mass is 9.99. The average Bonchev–Trinajstić information content (AvgIpc) is 2.35. The van der Waals surface area contributed by atoms with E-state index in [1.54, 1.807) is 7.11 Å². The van der Waals surface area contributed by atoms with Crippen molar-refractivity contribution in [1.29, 1.82) is 0 Å². The van der Waals surface area contributed by atoms with Gasteiger partial charge in [-0.2, -0.15) is 0 Å². The molecule has 0 heterocycles. The molecule has 0 spiro atoms. The fourth-order valence-electron chi connectivity index (χ4n) is 1.97. The normalized spacial score (nSPS) is 11.9. The van der Waals surface area contributed by atoms with Crippen molar-refractivity contribution < 1.29 is 4.74 Å². The summed E-state index contributed by atoms with van der Waals surface area (Å²) < 4.78 is 5.43. The molecule has 0 saturated carbocycles. The third kappa shape index (κ3) is 3.80. The Morgan fingerprint density at radius 3 is 2.82 bits per heavy atom. The van der Waals surface area contributed by atoms with E-state index < -0.39 is 0 Å². The first kappa shape index (κ1) is 13.6. The summed E-state index contributed by atoms with van der Waals surface area (Å²) in [5.41, 5.74) is 2.42. The molecule has 0 aliphatic carbocycles. The van der Waals surface area contributed by atoms with Crippen LogP contribution in [0.1, 0.15) is 36.4 Å². The first-order valence-electron chi connectivity index (χ1n) is 5.98. The van der Waals surface area contributed by atoms with E-state index in [2.05, 4.69) is 36.4 Å². The van der Waals surface area contributed by atoms with Gasteiger partial charge >= 0.3 is 0 Å². The van der Waals surface area contributed by atoms with Crippen LogP contribution in [0.25, 0.3) is 0 Å². The molecule has 2 heteroatoms.